The van der Waals surface area contributed by atoms with E-state index in [-0.39, 0.29) is 24.7 Å². The SMILES string of the molecule is O=C(CCc1cc(Cl)ccc1-n1cnnn1)[C@@H]1CCON1C(=O)[C@H](O)C1CCCC1. The zero-order valence-electron chi connectivity index (χ0n) is 16.5. The monoisotopic (exact) mass is 433 g/mol. The van der Waals surface area contributed by atoms with Crippen LogP contribution in [0.5, 0.6) is 0 Å². The number of aliphatic hydroxyl groups is 1. The molecule has 1 amide bonds. The lowest BCUT2D eigenvalue weighted by molar-refractivity contribution is -0.189. The lowest BCUT2D eigenvalue weighted by Gasteiger charge is -2.26. The summed E-state index contributed by atoms with van der Waals surface area (Å²) in [6.07, 6.45) is 5.10. The third-order valence-corrected chi connectivity index (χ3v) is 6.11. The second-order valence-electron chi connectivity index (χ2n) is 7.78. The first-order valence-electron chi connectivity index (χ1n) is 10.2. The van der Waals surface area contributed by atoms with Gasteiger partial charge in [0.2, 0.25) is 0 Å². The van der Waals surface area contributed by atoms with Gasteiger partial charge in [0.15, 0.2) is 5.78 Å². The Balaban J connectivity index is 1.42. The topological polar surface area (TPSA) is 110 Å². The molecule has 0 bridgehead atoms. The number of ketones is 1. The van der Waals surface area contributed by atoms with Crippen LogP contribution in [0.4, 0.5) is 0 Å². The molecular weight excluding hydrogens is 410 g/mol. The standard InChI is InChI=1S/C20H24ClN5O4/c21-15-6-7-16(25-12-22-23-24-25)14(11-15)5-8-18(27)17-9-10-30-26(17)20(29)19(28)13-3-1-2-4-13/h6-7,11-13,17,19,28H,1-5,8-10H2/t17-,19+/m0/s1. The maximum Gasteiger partial charge on any atom is 0.275 e. The summed E-state index contributed by atoms with van der Waals surface area (Å²) in [6.45, 7) is 0.284. The van der Waals surface area contributed by atoms with Crippen LogP contribution in [-0.4, -0.2) is 60.8 Å². The molecule has 2 heterocycles. The average Bonchev–Trinajstić information content (AvgIpc) is 3.52. The lowest BCUT2D eigenvalue weighted by atomic mass is 9.98. The van der Waals surface area contributed by atoms with Crippen molar-refractivity contribution in [1.82, 2.24) is 25.3 Å². The van der Waals surface area contributed by atoms with Crippen molar-refractivity contribution in [1.29, 1.82) is 0 Å². The summed E-state index contributed by atoms with van der Waals surface area (Å²) in [5, 5.41) is 23.3. The van der Waals surface area contributed by atoms with E-state index in [1.165, 1.54) is 11.0 Å². The summed E-state index contributed by atoms with van der Waals surface area (Å²) in [5.41, 5.74) is 1.57. The number of carbonyl (C=O) groups is 2. The molecule has 0 spiro atoms. The van der Waals surface area contributed by atoms with E-state index in [1.807, 2.05) is 0 Å². The fourth-order valence-electron chi connectivity index (χ4n) is 4.26. The number of aromatic nitrogens is 4. The van der Waals surface area contributed by atoms with Crippen molar-refractivity contribution < 1.29 is 19.5 Å². The van der Waals surface area contributed by atoms with E-state index in [4.69, 9.17) is 16.4 Å². The Morgan fingerprint density at radius 2 is 2.07 bits per heavy atom. The van der Waals surface area contributed by atoms with Gasteiger partial charge in [-0.25, -0.2) is 9.75 Å². The van der Waals surface area contributed by atoms with Gasteiger partial charge in [0.1, 0.15) is 18.5 Å². The van der Waals surface area contributed by atoms with E-state index in [9.17, 15) is 14.7 Å². The molecule has 160 valence electrons. The molecule has 2 atom stereocenters. The highest BCUT2D eigenvalue weighted by atomic mass is 35.5. The maximum absolute atomic E-state index is 12.9. The molecule has 0 radical (unpaired) electrons. The number of rotatable bonds is 7. The molecule has 1 N–H and O–H groups in total. The first-order valence-corrected chi connectivity index (χ1v) is 10.6. The molecule has 1 aliphatic heterocycles. The van der Waals surface area contributed by atoms with Gasteiger partial charge in [0.25, 0.3) is 5.91 Å². The second-order valence-corrected chi connectivity index (χ2v) is 8.22. The van der Waals surface area contributed by atoms with Crippen LogP contribution < -0.4 is 0 Å². The Morgan fingerprint density at radius 3 is 2.80 bits per heavy atom. The molecule has 10 heteroatoms. The highest BCUT2D eigenvalue weighted by Crippen LogP contribution is 2.30. The van der Waals surface area contributed by atoms with Crippen molar-refractivity contribution in [2.75, 3.05) is 6.61 Å². The summed E-state index contributed by atoms with van der Waals surface area (Å²) in [7, 11) is 0. The van der Waals surface area contributed by atoms with Crippen molar-refractivity contribution >= 4 is 23.3 Å². The van der Waals surface area contributed by atoms with Crippen molar-refractivity contribution in [2.24, 2.45) is 5.92 Å². The number of tetrazole rings is 1. The van der Waals surface area contributed by atoms with E-state index in [2.05, 4.69) is 15.5 Å². The van der Waals surface area contributed by atoms with Crippen LogP contribution in [-0.2, 0) is 20.8 Å². The molecule has 9 nitrogen and oxygen atoms in total. The van der Waals surface area contributed by atoms with Gasteiger partial charge in [-0.2, -0.15) is 0 Å². The largest absolute Gasteiger partial charge is 0.383 e. The van der Waals surface area contributed by atoms with E-state index in [1.54, 1.807) is 18.2 Å². The normalized spacial score (nSPS) is 20.6. The fraction of sp³-hybridized carbons (Fsp3) is 0.550. The number of amides is 1. The van der Waals surface area contributed by atoms with Gasteiger partial charge >= 0.3 is 0 Å². The number of halogens is 1. The number of hydrogen-bond acceptors (Lipinski definition) is 7. The predicted molar refractivity (Wildman–Crippen MR) is 107 cm³/mol. The molecule has 2 aliphatic rings. The number of hydroxylamine groups is 2. The molecule has 1 aromatic carbocycles. The quantitative estimate of drug-likeness (QED) is 0.709. The molecule has 0 unspecified atom stereocenters. The molecule has 1 aliphatic carbocycles. The van der Waals surface area contributed by atoms with Crippen LogP contribution in [0.15, 0.2) is 24.5 Å². The van der Waals surface area contributed by atoms with E-state index in [0.29, 0.717) is 17.9 Å². The number of hydrogen-bond donors (Lipinski definition) is 1. The predicted octanol–water partition coefficient (Wildman–Crippen LogP) is 1.90. The van der Waals surface area contributed by atoms with E-state index < -0.39 is 18.1 Å². The number of aryl methyl sites for hydroxylation is 1. The third kappa shape index (κ3) is 4.38. The Kier molecular flexibility index (Phi) is 6.40. The molecule has 4 rings (SSSR count). The molecule has 1 saturated carbocycles. The minimum atomic E-state index is -1.11. The third-order valence-electron chi connectivity index (χ3n) is 5.87. The van der Waals surface area contributed by atoms with E-state index in [0.717, 1.165) is 42.0 Å². The number of carbonyl (C=O) groups excluding carboxylic acids is 2. The van der Waals surface area contributed by atoms with Crippen molar-refractivity contribution in [3.8, 4) is 5.69 Å². The van der Waals surface area contributed by atoms with Crippen LogP contribution >= 0.6 is 11.6 Å². The van der Waals surface area contributed by atoms with E-state index >= 15 is 0 Å². The Morgan fingerprint density at radius 1 is 1.27 bits per heavy atom. The Hall–Kier alpha value is -2.36. The number of benzene rings is 1. The molecular formula is C20H24ClN5O4. The summed E-state index contributed by atoms with van der Waals surface area (Å²) in [4.78, 5) is 31.1. The molecule has 2 aromatic rings. The number of nitrogens with zero attached hydrogens (tertiary/aromatic N) is 5. The minimum Gasteiger partial charge on any atom is -0.383 e. The van der Waals surface area contributed by atoms with Gasteiger partial charge < -0.3 is 5.11 Å². The van der Waals surface area contributed by atoms with Gasteiger partial charge in [-0.05, 0) is 59.4 Å². The van der Waals surface area contributed by atoms with Gasteiger partial charge in [-0.3, -0.25) is 14.4 Å². The van der Waals surface area contributed by atoms with Gasteiger partial charge in [-0.15, -0.1) is 5.10 Å². The smallest absolute Gasteiger partial charge is 0.275 e. The van der Waals surface area contributed by atoms with Crippen LogP contribution in [0.2, 0.25) is 5.02 Å². The summed E-state index contributed by atoms with van der Waals surface area (Å²) in [5.74, 6) is -0.667. The average molecular weight is 434 g/mol. The Bertz CT molecular complexity index is 901. The molecule has 1 saturated heterocycles. The van der Waals surface area contributed by atoms with Crippen LogP contribution in [0.1, 0.15) is 44.1 Å². The van der Waals surface area contributed by atoms with Crippen LogP contribution in [0, 0.1) is 5.92 Å². The zero-order valence-corrected chi connectivity index (χ0v) is 17.2. The number of aliphatic hydroxyl groups excluding tert-OH is 1. The second kappa shape index (κ2) is 9.20. The summed E-state index contributed by atoms with van der Waals surface area (Å²) in [6, 6.07) is 4.64. The summed E-state index contributed by atoms with van der Waals surface area (Å²) >= 11 is 6.14. The van der Waals surface area contributed by atoms with Crippen molar-refractivity contribution in [2.45, 2.75) is 57.1 Å². The van der Waals surface area contributed by atoms with Gasteiger partial charge in [0, 0.05) is 17.9 Å². The number of Topliss-reactive ketones (excluding diaryl/α,β-unsaturated/α-hetero) is 1. The lowest BCUT2D eigenvalue weighted by Crippen LogP contribution is -2.46. The molecule has 30 heavy (non-hydrogen) atoms. The van der Waals surface area contributed by atoms with Crippen molar-refractivity contribution in [3.63, 3.8) is 0 Å². The molecule has 2 fully saturated rings. The first-order chi connectivity index (χ1) is 14.5. The maximum atomic E-state index is 12.9. The summed E-state index contributed by atoms with van der Waals surface area (Å²) < 4.78 is 1.52. The van der Waals surface area contributed by atoms with Crippen molar-refractivity contribution in [3.05, 3.63) is 35.1 Å². The highest BCUT2D eigenvalue weighted by Gasteiger charge is 2.40. The zero-order chi connectivity index (χ0) is 21.1. The fourth-order valence-corrected chi connectivity index (χ4v) is 4.45. The minimum absolute atomic E-state index is 0.0530. The highest BCUT2D eigenvalue weighted by molar-refractivity contribution is 6.30. The first kappa shape index (κ1) is 20.9. The molecule has 1 aromatic heterocycles. The van der Waals surface area contributed by atoms with Gasteiger partial charge in [-0.1, -0.05) is 24.4 Å². The van der Waals surface area contributed by atoms with Crippen LogP contribution in [0.25, 0.3) is 5.69 Å². The van der Waals surface area contributed by atoms with Crippen LogP contribution in [0.3, 0.4) is 0 Å². The Labute approximate surface area is 178 Å². The van der Waals surface area contributed by atoms with Gasteiger partial charge in [0.05, 0.1) is 12.3 Å².